The number of nitrogens with zero attached hydrogens (tertiary/aromatic N) is 2. The number of pyridine rings is 1. The molecule has 3 aromatic rings. The van der Waals surface area contributed by atoms with E-state index in [-0.39, 0.29) is 0 Å². The standard InChI is InChI=1S/C18H20N4O2.C2H6/c1-18(2,3)24-17(23)21-16-14-9-11-22(15(14)8-10-20-16)13-6-4-12(19)5-7-13;1-2/h4-11H,19H2,1-3H3,(H,20,21,23);1-2H3. The molecule has 6 nitrogen and oxygen atoms in total. The summed E-state index contributed by atoms with van der Waals surface area (Å²) in [5, 5.41) is 3.54. The Hall–Kier alpha value is -3.02. The minimum atomic E-state index is -0.562. The van der Waals surface area contributed by atoms with E-state index in [2.05, 4.69) is 10.3 Å². The highest BCUT2D eigenvalue weighted by molar-refractivity contribution is 5.97. The zero-order valence-corrected chi connectivity index (χ0v) is 15.9. The van der Waals surface area contributed by atoms with Gasteiger partial charge in [0.2, 0.25) is 0 Å². The Morgan fingerprint density at radius 2 is 1.77 bits per heavy atom. The molecule has 0 unspecified atom stereocenters. The number of nitrogens with one attached hydrogen (secondary N) is 1. The summed E-state index contributed by atoms with van der Waals surface area (Å²) < 4.78 is 7.30. The first-order valence-corrected chi connectivity index (χ1v) is 8.65. The van der Waals surface area contributed by atoms with E-state index >= 15 is 0 Å². The highest BCUT2D eigenvalue weighted by atomic mass is 16.6. The number of hydrogen-bond acceptors (Lipinski definition) is 4. The molecule has 0 aliphatic carbocycles. The van der Waals surface area contributed by atoms with Crippen molar-refractivity contribution < 1.29 is 9.53 Å². The van der Waals surface area contributed by atoms with Crippen LogP contribution in [0.15, 0.2) is 48.8 Å². The maximum atomic E-state index is 12.0. The number of nitrogens with two attached hydrogens (primary N) is 1. The molecule has 1 amide bonds. The minimum absolute atomic E-state index is 0.468. The Morgan fingerprint density at radius 1 is 1.12 bits per heavy atom. The fourth-order valence-corrected chi connectivity index (χ4v) is 2.43. The molecule has 0 aliphatic heterocycles. The van der Waals surface area contributed by atoms with Gasteiger partial charge < -0.3 is 15.0 Å². The van der Waals surface area contributed by atoms with Gasteiger partial charge in [0.1, 0.15) is 11.4 Å². The summed E-state index contributed by atoms with van der Waals surface area (Å²) in [5.74, 6) is 0.468. The van der Waals surface area contributed by atoms with Crippen LogP contribution in [-0.2, 0) is 4.74 Å². The Morgan fingerprint density at radius 3 is 2.38 bits per heavy atom. The molecule has 138 valence electrons. The van der Waals surface area contributed by atoms with Gasteiger partial charge in [0.15, 0.2) is 0 Å². The van der Waals surface area contributed by atoms with Gasteiger partial charge in [0.25, 0.3) is 0 Å². The second kappa shape index (κ2) is 7.91. The van der Waals surface area contributed by atoms with Crippen molar-refractivity contribution in [3.8, 4) is 5.69 Å². The average molecular weight is 354 g/mol. The summed E-state index contributed by atoms with van der Waals surface area (Å²) in [4.78, 5) is 16.2. The molecule has 0 radical (unpaired) electrons. The zero-order chi connectivity index (χ0) is 19.3. The van der Waals surface area contributed by atoms with Crippen molar-refractivity contribution >= 4 is 28.5 Å². The van der Waals surface area contributed by atoms with Crippen molar-refractivity contribution in [1.82, 2.24) is 9.55 Å². The van der Waals surface area contributed by atoms with Gasteiger partial charge in [-0.15, -0.1) is 0 Å². The second-order valence-corrected chi connectivity index (χ2v) is 6.50. The molecule has 0 spiro atoms. The first-order valence-electron chi connectivity index (χ1n) is 8.65. The molecular weight excluding hydrogens is 328 g/mol. The molecule has 26 heavy (non-hydrogen) atoms. The second-order valence-electron chi connectivity index (χ2n) is 6.50. The van der Waals surface area contributed by atoms with E-state index in [1.54, 1.807) is 6.20 Å². The third kappa shape index (κ3) is 4.53. The van der Waals surface area contributed by atoms with Crippen LogP contribution in [0.4, 0.5) is 16.3 Å². The maximum absolute atomic E-state index is 12.0. The van der Waals surface area contributed by atoms with Gasteiger partial charge in [0, 0.05) is 29.2 Å². The van der Waals surface area contributed by atoms with E-state index in [0.717, 1.165) is 16.6 Å². The number of anilines is 2. The molecule has 0 saturated heterocycles. The highest BCUT2D eigenvalue weighted by Crippen LogP contribution is 2.26. The molecule has 0 aliphatic rings. The fraction of sp³-hybridized carbons (Fsp3) is 0.300. The molecule has 0 atom stereocenters. The largest absolute Gasteiger partial charge is 0.444 e. The van der Waals surface area contributed by atoms with E-state index < -0.39 is 11.7 Å². The van der Waals surface area contributed by atoms with Crippen LogP contribution in [0.25, 0.3) is 16.6 Å². The number of benzene rings is 1. The van der Waals surface area contributed by atoms with E-state index in [1.165, 1.54) is 0 Å². The van der Waals surface area contributed by atoms with E-state index in [1.807, 2.05) is 81.8 Å². The Bertz CT molecular complexity index is 877. The fourth-order valence-electron chi connectivity index (χ4n) is 2.43. The average Bonchev–Trinajstić information content (AvgIpc) is 3.01. The number of fused-ring (bicyclic) bond motifs is 1. The molecule has 2 aromatic heterocycles. The molecule has 2 heterocycles. The van der Waals surface area contributed by atoms with Gasteiger partial charge in [-0.05, 0) is 57.2 Å². The van der Waals surface area contributed by atoms with Crippen molar-refractivity contribution in [2.75, 3.05) is 11.1 Å². The zero-order valence-electron chi connectivity index (χ0n) is 15.9. The van der Waals surface area contributed by atoms with Crippen LogP contribution in [0.5, 0.6) is 0 Å². The van der Waals surface area contributed by atoms with Crippen molar-refractivity contribution in [3.05, 3.63) is 48.8 Å². The molecular formula is C20H26N4O2. The lowest BCUT2D eigenvalue weighted by Gasteiger charge is -2.19. The van der Waals surface area contributed by atoms with Crippen molar-refractivity contribution in [3.63, 3.8) is 0 Å². The lowest BCUT2D eigenvalue weighted by Crippen LogP contribution is -2.27. The van der Waals surface area contributed by atoms with Gasteiger partial charge >= 0.3 is 6.09 Å². The molecule has 6 heteroatoms. The van der Waals surface area contributed by atoms with E-state index in [9.17, 15) is 4.79 Å². The van der Waals surface area contributed by atoms with Crippen LogP contribution in [-0.4, -0.2) is 21.2 Å². The van der Waals surface area contributed by atoms with E-state index in [4.69, 9.17) is 10.5 Å². The summed E-state index contributed by atoms with van der Waals surface area (Å²) in [5.41, 5.74) is 7.80. The molecule has 3 rings (SSSR count). The number of nitrogen functional groups attached to an aromatic ring is 1. The first-order chi connectivity index (χ1) is 12.3. The monoisotopic (exact) mass is 354 g/mol. The Kier molecular flexibility index (Phi) is 5.87. The number of carbonyl (C=O) groups excluding carboxylic acids is 1. The van der Waals surface area contributed by atoms with Gasteiger partial charge in [0.05, 0.1) is 5.52 Å². The number of rotatable bonds is 2. The van der Waals surface area contributed by atoms with Crippen LogP contribution in [0.3, 0.4) is 0 Å². The molecule has 0 fully saturated rings. The van der Waals surface area contributed by atoms with Crippen LogP contribution >= 0.6 is 0 Å². The predicted molar refractivity (Wildman–Crippen MR) is 107 cm³/mol. The minimum Gasteiger partial charge on any atom is -0.444 e. The number of carbonyl (C=O) groups is 1. The smallest absolute Gasteiger partial charge is 0.413 e. The van der Waals surface area contributed by atoms with Crippen molar-refractivity contribution in [1.29, 1.82) is 0 Å². The Labute approximate surface area is 154 Å². The molecule has 0 bridgehead atoms. The SMILES string of the molecule is CC.CC(C)(C)OC(=O)Nc1nccc2c1ccn2-c1ccc(N)cc1. The third-order valence-electron chi connectivity index (χ3n) is 3.41. The predicted octanol–water partition coefficient (Wildman–Crippen LogP) is 4.98. The normalized spacial score (nSPS) is 10.8. The highest BCUT2D eigenvalue weighted by Gasteiger charge is 2.18. The maximum Gasteiger partial charge on any atom is 0.413 e. The molecule has 1 aromatic carbocycles. The topological polar surface area (TPSA) is 82.2 Å². The van der Waals surface area contributed by atoms with Gasteiger partial charge in [-0.1, -0.05) is 13.8 Å². The van der Waals surface area contributed by atoms with Crippen LogP contribution < -0.4 is 11.1 Å². The lowest BCUT2D eigenvalue weighted by atomic mass is 10.2. The van der Waals surface area contributed by atoms with Gasteiger partial charge in [-0.25, -0.2) is 9.78 Å². The van der Waals surface area contributed by atoms with E-state index in [0.29, 0.717) is 11.5 Å². The van der Waals surface area contributed by atoms with Gasteiger partial charge in [-0.2, -0.15) is 0 Å². The summed E-state index contributed by atoms with van der Waals surface area (Å²) in [6, 6.07) is 11.4. The molecule has 3 N–H and O–H groups in total. The Balaban J connectivity index is 0.00000117. The lowest BCUT2D eigenvalue weighted by molar-refractivity contribution is 0.0635. The number of hydrogen-bond donors (Lipinski definition) is 2. The van der Waals surface area contributed by atoms with Crippen LogP contribution in [0, 0.1) is 0 Å². The number of ether oxygens (including phenoxy) is 1. The van der Waals surface area contributed by atoms with Crippen molar-refractivity contribution in [2.24, 2.45) is 0 Å². The summed E-state index contributed by atoms with van der Waals surface area (Å²) in [7, 11) is 0. The number of aromatic nitrogens is 2. The summed E-state index contributed by atoms with van der Waals surface area (Å²) >= 11 is 0. The summed E-state index contributed by atoms with van der Waals surface area (Å²) in [6.07, 6.45) is 3.06. The summed E-state index contributed by atoms with van der Waals surface area (Å²) in [6.45, 7) is 9.45. The first kappa shape index (κ1) is 19.3. The van der Waals surface area contributed by atoms with Crippen LogP contribution in [0.2, 0.25) is 0 Å². The molecule has 0 saturated carbocycles. The number of amides is 1. The van der Waals surface area contributed by atoms with Crippen molar-refractivity contribution in [2.45, 2.75) is 40.2 Å². The quantitative estimate of drug-likeness (QED) is 0.636. The third-order valence-corrected chi connectivity index (χ3v) is 3.41. The van der Waals surface area contributed by atoms with Gasteiger partial charge in [-0.3, -0.25) is 5.32 Å². The van der Waals surface area contributed by atoms with Crippen LogP contribution in [0.1, 0.15) is 34.6 Å².